The van der Waals surface area contributed by atoms with Crippen LogP contribution in [0.15, 0.2) is 12.3 Å². The first-order chi connectivity index (χ1) is 6.98. The van der Waals surface area contributed by atoms with Crippen molar-refractivity contribution in [3.05, 3.63) is 23.5 Å². The minimum absolute atomic E-state index is 0.216. The second-order valence-electron chi connectivity index (χ2n) is 3.39. The highest BCUT2D eigenvalue weighted by molar-refractivity contribution is 5.32. The van der Waals surface area contributed by atoms with E-state index in [1.807, 2.05) is 6.92 Å². The molecule has 0 fully saturated rings. The van der Waals surface area contributed by atoms with Gasteiger partial charge in [0.2, 0.25) is 0 Å². The van der Waals surface area contributed by atoms with Gasteiger partial charge in [-0.2, -0.15) is 8.78 Å². The van der Waals surface area contributed by atoms with Gasteiger partial charge in [0.05, 0.1) is 0 Å². The summed E-state index contributed by atoms with van der Waals surface area (Å²) in [7, 11) is 0. The average Bonchev–Trinajstić information content (AvgIpc) is 2.21. The number of rotatable bonds is 4. The molecule has 0 atom stereocenters. The highest BCUT2D eigenvalue weighted by Gasteiger charge is 2.29. The number of hydrogen-bond donors (Lipinski definition) is 0. The Morgan fingerprint density at radius 3 is 2.60 bits per heavy atom. The Morgan fingerprint density at radius 2 is 2.07 bits per heavy atom. The first kappa shape index (κ1) is 11.9. The van der Waals surface area contributed by atoms with Crippen LogP contribution in [0.3, 0.4) is 0 Å². The van der Waals surface area contributed by atoms with E-state index in [0.29, 0.717) is 12.0 Å². The maximum Gasteiger partial charge on any atom is 0.397 e. The minimum atomic E-state index is -3.10. The van der Waals surface area contributed by atoms with E-state index in [0.717, 1.165) is 5.69 Å². The number of nitrogens with zero attached hydrogens (tertiary/aromatic N) is 1. The first-order valence-corrected chi connectivity index (χ1v) is 5.01. The average molecular weight is 215 g/mol. The van der Waals surface area contributed by atoms with E-state index in [-0.39, 0.29) is 12.2 Å². The molecule has 1 aromatic rings. The molecule has 0 N–H and O–H groups in total. The van der Waals surface area contributed by atoms with Crippen molar-refractivity contribution in [3.63, 3.8) is 0 Å². The summed E-state index contributed by atoms with van der Waals surface area (Å²) in [6.45, 7) is 5.00. The maximum atomic E-state index is 13.0. The highest BCUT2D eigenvalue weighted by atomic mass is 19.3. The molecule has 0 unspecified atom stereocenters. The molecule has 0 saturated heterocycles. The SMILES string of the molecule is CCc1cc(OC(F)(F)CC)c(C)cn1. The van der Waals surface area contributed by atoms with Gasteiger partial charge in [-0.15, -0.1) is 0 Å². The van der Waals surface area contributed by atoms with E-state index in [4.69, 9.17) is 0 Å². The second-order valence-corrected chi connectivity index (χ2v) is 3.39. The van der Waals surface area contributed by atoms with Crippen LogP contribution in [0, 0.1) is 6.92 Å². The van der Waals surface area contributed by atoms with Crippen molar-refractivity contribution >= 4 is 0 Å². The van der Waals surface area contributed by atoms with Crippen LogP contribution in [-0.4, -0.2) is 11.1 Å². The molecule has 84 valence electrons. The third-order valence-corrected chi connectivity index (χ3v) is 2.14. The van der Waals surface area contributed by atoms with Gasteiger partial charge in [0.15, 0.2) is 0 Å². The molecule has 1 heterocycles. The quantitative estimate of drug-likeness (QED) is 0.768. The summed E-state index contributed by atoms with van der Waals surface area (Å²) in [4.78, 5) is 4.09. The van der Waals surface area contributed by atoms with Gasteiger partial charge in [0.1, 0.15) is 5.75 Å². The van der Waals surface area contributed by atoms with Crippen LogP contribution in [0.25, 0.3) is 0 Å². The van der Waals surface area contributed by atoms with Crippen LogP contribution in [0.2, 0.25) is 0 Å². The molecule has 1 rings (SSSR count). The van der Waals surface area contributed by atoms with Crippen LogP contribution < -0.4 is 4.74 Å². The summed E-state index contributed by atoms with van der Waals surface area (Å²) in [5, 5.41) is 0. The lowest BCUT2D eigenvalue weighted by atomic mass is 10.2. The monoisotopic (exact) mass is 215 g/mol. The lowest BCUT2D eigenvalue weighted by molar-refractivity contribution is -0.177. The Labute approximate surface area is 88.3 Å². The number of halogens is 2. The van der Waals surface area contributed by atoms with E-state index in [9.17, 15) is 8.78 Å². The zero-order valence-electron chi connectivity index (χ0n) is 9.18. The van der Waals surface area contributed by atoms with Crippen molar-refractivity contribution in [2.45, 2.75) is 39.7 Å². The molecular weight excluding hydrogens is 200 g/mol. The van der Waals surface area contributed by atoms with Crippen molar-refractivity contribution in [2.75, 3.05) is 0 Å². The summed E-state index contributed by atoms with van der Waals surface area (Å²) >= 11 is 0. The van der Waals surface area contributed by atoms with Gasteiger partial charge in [-0.3, -0.25) is 4.98 Å². The number of pyridine rings is 1. The zero-order valence-corrected chi connectivity index (χ0v) is 9.18. The van der Waals surface area contributed by atoms with Gasteiger partial charge >= 0.3 is 6.11 Å². The fraction of sp³-hybridized carbons (Fsp3) is 0.545. The summed E-state index contributed by atoms with van der Waals surface area (Å²) in [6.07, 6.45) is -1.18. The molecule has 0 radical (unpaired) electrons. The van der Waals surface area contributed by atoms with Crippen LogP contribution in [-0.2, 0) is 6.42 Å². The molecule has 0 aliphatic heterocycles. The molecule has 2 nitrogen and oxygen atoms in total. The second kappa shape index (κ2) is 4.55. The van der Waals surface area contributed by atoms with Gasteiger partial charge in [0.25, 0.3) is 0 Å². The van der Waals surface area contributed by atoms with Crippen LogP contribution >= 0.6 is 0 Å². The number of aromatic nitrogens is 1. The molecule has 0 aromatic carbocycles. The lowest BCUT2D eigenvalue weighted by Gasteiger charge is -2.17. The largest absolute Gasteiger partial charge is 0.432 e. The van der Waals surface area contributed by atoms with Crippen molar-refractivity contribution in [2.24, 2.45) is 0 Å². The van der Waals surface area contributed by atoms with Gasteiger partial charge in [0, 0.05) is 29.9 Å². The fourth-order valence-corrected chi connectivity index (χ4v) is 1.08. The van der Waals surface area contributed by atoms with Gasteiger partial charge < -0.3 is 4.74 Å². The predicted octanol–water partition coefficient (Wildman–Crippen LogP) is 3.33. The Balaban J connectivity index is 2.93. The van der Waals surface area contributed by atoms with E-state index in [1.54, 1.807) is 19.2 Å². The standard InChI is InChI=1S/C11H15F2NO/c1-4-9-6-10(8(3)7-14-9)15-11(12,13)5-2/h6-7H,4-5H2,1-3H3. The van der Waals surface area contributed by atoms with Crippen molar-refractivity contribution in [3.8, 4) is 5.75 Å². The Morgan fingerprint density at radius 1 is 1.40 bits per heavy atom. The number of aryl methyl sites for hydroxylation is 2. The van der Waals surface area contributed by atoms with Gasteiger partial charge in [-0.25, -0.2) is 0 Å². The topological polar surface area (TPSA) is 22.1 Å². The minimum Gasteiger partial charge on any atom is -0.432 e. The van der Waals surface area contributed by atoms with Crippen LogP contribution in [0.5, 0.6) is 5.75 Å². The summed E-state index contributed by atoms with van der Waals surface area (Å²) in [5.41, 5.74) is 1.38. The zero-order chi connectivity index (χ0) is 11.5. The summed E-state index contributed by atoms with van der Waals surface area (Å²) in [6, 6.07) is 1.57. The van der Waals surface area contributed by atoms with Gasteiger partial charge in [-0.1, -0.05) is 13.8 Å². The highest BCUT2D eigenvalue weighted by Crippen LogP contribution is 2.27. The molecule has 0 bridgehead atoms. The predicted molar refractivity (Wildman–Crippen MR) is 54.2 cm³/mol. The Kier molecular flexibility index (Phi) is 3.61. The van der Waals surface area contributed by atoms with E-state index >= 15 is 0 Å². The van der Waals surface area contributed by atoms with Crippen molar-refractivity contribution in [1.82, 2.24) is 4.98 Å². The molecule has 0 saturated carbocycles. The summed E-state index contributed by atoms with van der Waals surface area (Å²) < 4.78 is 30.7. The van der Waals surface area contributed by atoms with Gasteiger partial charge in [-0.05, 0) is 13.3 Å². The molecule has 0 aliphatic carbocycles. The molecule has 15 heavy (non-hydrogen) atoms. The Bertz CT molecular complexity index is 339. The van der Waals surface area contributed by atoms with Crippen molar-refractivity contribution in [1.29, 1.82) is 0 Å². The van der Waals surface area contributed by atoms with E-state index in [2.05, 4.69) is 9.72 Å². The van der Waals surface area contributed by atoms with Crippen LogP contribution in [0.4, 0.5) is 8.78 Å². The number of hydrogen-bond acceptors (Lipinski definition) is 2. The molecule has 0 aliphatic rings. The molecule has 0 amide bonds. The van der Waals surface area contributed by atoms with E-state index < -0.39 is 6.11 Å². The molecule has 4 heteroatoms. The van der Waals surface area contributed by atoms with Crippen LogP contribution in [0.1, 0.15) is 31.5 Å². The smallest absolute Gasteiger partial charge is 0.397 e. The summed E-state index contributed by atoms with van der Waals surface area (Å²) in [5.74, 6) is 0.216. The third kappa shape index (κ3) is 3.15. The number of alkyl halides is 2. The molecule has 1 aromatic heterocycles. The normalized spacial score (nSPS) is 11.5. The Hall–Kier alpha value is -1.19. The molecular formula is C11H15F2NO. The number of ether oxygens (including phenoxy) is 1. The van der Waals surface area contributed by atoms with E-state index in [1.165, 1.54) is 6.92 Å². The lowest BCUT2D eigenvalue weighted by Crippen LogP contribution is -2.23. The maximum absolute atomic E-state index is 13.0. The third-order valence-electron chi connectivity index (χ3n) is 2.14. The first-order valence-electron chi connectivity index (χ1n) is 5.01. The molecule has 0 spiro atoms. The van der Waals surface area contributed by atoms with Crippen molar-refractivity contribution < 1.29 is 13.5 Å². The fourth-order valence-electron chi connectivity index (χ4n) is 1.08.